The summed E-state index contributed by atoms with van der Waals surface area (Å²) in [5.41, 5.74) is 0. The molecule has 0 aromatic heterocycles. The minimum absolute atomic E-state index is 0.826. The molecule has 2 rings (SSSR count). The monoisotopic (exact) mass is 243 g/mol. The van der Waals surface area contributed by atoms with E-state index in [1.54, 1.807) is 0 Å². The quantitative estimate of drug-likeness (QED) is 0.655. The van der Waals surface area contributed by atoms with Crippen LogP contribution in [0.5, 0.6) is 0 Å². The van der Waals surface area contributed by atoms with Gasteiger partial charge in [0.1, 0.15) is 0 Å². The Hall–Kier alpha value is -0.160. The molecule has 17 heavy (non-hydrogen) atoms. The molecule has 0 atom stereocenters. The molecule has 100 valence electrons. The lowest BCUT2D eigenvalue weighted by molar-refractivity contribution is 0.0146. The number of rotatable bonds is 6. The maximum Gasteiger partial charge on any atom is 0.0594 e. The van der Waals surface area contributed by atoms with E-state index >= 15 is 0 Å². The third-order valence-electron chi connectivity index (χ3n) is 3.67. The molecule has 0 saturated carbocycles. The fourth-order valence-electron chi connectivity index (χ4n) is 2.41. The van der Waals surface area contributed by atoms with E-state index in [1.807, 2.05) is 0 Å². The van der Waals surface area contributed by atoms with Crippen LogP contribution in [0.1, 0.15) is 19.3 Å². The van der Waals surface area contributed by atoms with Crippen LogP contribution >= 0.6 is 0 Å². The number of nitrogens with zero attached hydrogens (tertiary/aromatic N) is 1. The first kappa shape index (κ1) is 13.3. The first-order valence-corrected chi connectivity index (χ1v) is 6.91. The Morgan fingerprint density at radius 3 is 2.41 bits per heavy atom. The van der Waals surface area contributed by atoms with E-state index in [4.69, 9.17) is 14.2 Å². The van der Waals surface area contributed by atoms with E-state index in [2.05, 4.69) is 4.90 Å². The van der Waals surface area contributed by atoms with E-state index < -0.39 is 0 Å². The van der Waals surface area contributed by atoms with Crippen LogP contribution in [0.15, 0.2) is 0 Å². The van der Waals surface area contributed by atoms with E-state index in [0.29, 0.717) is 0 Å². The second-order valence-electron chi connectivity index (χ2n) is 4.91. The third kappa shape index (κ3) is 5.34. The van der Waals surface area contributed by atoms with Crippen LogP contribution in [-0.2, 0) is 14.2 Å². The van der Waals surface area contributed by atoms with Gasteiger partial charge in [0, 0.05) is 39.5 Å². The summed E-state index contributed by atoms with van der Waals surface area (Å²) in [4.78, 5) is 2.41. The fourth-order valence-corrected chi connectivity index (χ4v) is 2.41. The van der Waals surface area contributed by atoms with Gasteiger partial charge in [-0.15, -0.1) is 0 Å². The summed E-state index contributed by atoms with van der Waals surface area (Å²) >= 11 is 0. The van der Waals surface area contributed by atoms with Gasteiger partial charge in [0.2, 0.25) is 0 Å². The maximum absolute atomic E-state index is 5.72. The summed E-state index contributed by atoms with van der Waals surface area (Å²) in [6, 6.07) is 0. The van der Waals surface area contributed by atoms with Gasteiger partial charge < -0.3 is 14.2 Å². The number of ether oxygens (including phenoxy) is 3. The molecule has 0 bridgehead atoms. The van der Waals surface area contributed by atoms with E-state index in [1.165, 1.54) is 19.3 Å². The molecule has 2 aliphatic rings. The van der Waals surface area contributed by atoms with Crippen molar-refractivity contribution in [2.45, 2.75) is 19.3 Å². The van der Waals surface area contributed by atoms with Gasteiger partial charge in [0.15, 0.2) is 0 Å². The highest BCUT2D eigenvalue weighted by Crippen LogP contribution is 2.17. The normalized spacial score (nSPS) is 24.0. The Morgan fingerprint density at radius 2 is 1.65 bits per heavy atom. The molecule has 0 aromatic rings. The maximum atomic E-state index is 5.72. The van der Waals surface area contributed by atoms with Crippen LogP contribution in [0.25, 0.3) is 0 Å². The van der Waals surface area contributed by atoms with Gasteiger partial charge in [-0.3, -0.25) is 4.90 Å². The van der Waals surface area contributed by atoms with Crippen molar-refractivity contribution in [2.75, 3.05) is 59.3 Å². The van der Waals surface area contributed by atoms with Crippen molar-refractivity contribution >= 4 is 0 Å². The second kappa shape index (κ2) is 8.03. The molecule has 4 nitrogen and oxygen atoms in total. The smallest absolute Gasteiger partial charge is 0.0594 e. The van der Waals surface area contributed by atoms with Gasteiger partial charge in [0.05, 0.1) is 19.8 Å². The van der Waals surface area contributed by atoms with Crippen molar-refractivity contribution in [1.82, 2.24) is 4.90 Å². The zero-order valence-electron chi connectivity index (χ0n) is 10.7. The largest absolute Gasteiger partial charge is 0.381 e. The summed E-state index contributed by atoms with van der Waals surface area (Å²) in [6.45, 7) is 8.59. The van der Waals surface area contributed by atoms with Crippen molar-refractivity contribution in [2.24, 2.45) is 5.92 Å². The van der Waals surface area contributed by atoms with Crippen LogP contribution in [-0.4, -0.2) is 64.2 Å². The van der Waals surface area contributed by atoms with Crippen molar-refractivity contribution in [1.29, 1.82) is 0 Å². The first-order chi connectivity index (χ1) is 8.45. The van der Waals surface area contributed by atoms with Gasteiger partial charge in [-0.1, -0.05) is 0 Å². The summed E-state index contributed by atoms with van der Waals surface area (Å²) in [5.74, 6) is 0.826. The Kier molecular flexibility index (Phi) is 6.27. The highest BCUT2D eigenvalue weighted by molar-refractivity contribution is 4.64. The average Bonchev–Trinajstić information content (AvgIpc) is 2.41. The molecule has 0 aromatic carbocycles. The molecule has 4 heteroatoms. The topological polar surface area (TPSA) is 30.9 Å². The zero-order valence-corrected chi connectivity index (χ0v) is 10.7. The van der Waals surface area contributed by atoms with Crippen LogP contribution in [0.3, 0.4) is 0 Å². The predicted octanol–water partition coefficient (Wildman–Crippen LogP) is 1.15. The highest BCUT2D eigenvalue weighted by Gasteiger charge is 2.13. The van der Waals surface area contributed by atoms with Crippen molar-refractivity contribution in [3.63, 3.8) is 0 Å². The van der Waals surface area contributed by atoms with Crippen LogP contribution in [0.2, 0.25) is 0 Å². The molecule has 2 saturated heterocycles. The highest BCUT2D eigenvalue weighted by atomic mass is 16.5. The van der Waals surface area contributed by atoms with Gasteiger partial charge >= 0.3 is 0 Å². The SMILES string of the molecule is C1CC(CCOCCN2CCOCC2)CCO1. The number of hydrogen-bond acceptors (Lipinski definition) is 4. The van der Waals surface area contributed by atoms with Gasteiger partial charge in [-0.2, -0.15) is 0 Å². The van der Waals surface area contributed by atoms with Gasteiger partial charge in [-0.25, -0.2) is 0 Å². The van der Waals surface area contributed by atoms with Crippen molar-refractivity contribution < 1.29 is 14.2 Å². The zero-order chi connectivity index (χ0) is 11.8. The molecule has 0 aliphatic carbocycles. The second-order valence-corrected chi connectivity index (χ2v) is 4.91. The van der Waals surface area contributed by atoms with Gasteiger partial charge in [-0.05, 0) is 25.2 Å². The van der Waals surface area contributed by atoms with Crippen LogP contribution in [0, 0.1) is 5.92 Å². The third-order valence-corrected chi connectivity index (χ3v) is 3.67. The summed E-state index contributed by atoms with van der Waals surface area (Å²) in [6.07, 6.45) is 3.63. The van der Waals surface area contributed by atoms with Crippen molar-refractivity contribution in [3.8, 4) is 0 Å². The summed E-state index contributed by atoms with van der Waals surface area (Å²) in [7, 11) is 0. The Bertz CT molecular complexity index is 169. The van der Waals surface area contributed by atoms with Gasteiger partial charge in [0.25, 0.3) is 0 Å². The number of hydrogen-bond donors (Lipinski definition) is 0. The fraction of sp³-hybridized carbons (Fsp3) is 1.00. The molecular formula is C13H25NO3. The Balaban J connectivity index is 1.42. The molecule has 2 heterocycles. The molecule has 0 N–H and O–H groups in total. The molecule has 0 spiro atoms. The minimum atomic E-state index is 0.826. The lowest BCUT2D eigenvalue weighted by Crippen LogP contribution is -2.38. The van der Waals surface area contributed by atoms with Crippen LogP contribution in [0.4, 0.5) is 0 Å². The summed E-state index contributed by atoms with van der Waals surface area (Å²) in [5, 5.41) is 0. The Morgan fingerprint density at radius 1 is 0.941 bits per heavy atom. The lowest BCUT2D eigenvalue weighted by Gasteiger charge is -2.26. The summed E-state index contributed by atoms with van der Waals surface area (Å²) < 4.78 is 16.4. The Labute approximate surface area is 104 Å². The molecular weight excluding hydrogens is 218 g/mol. The van der Waals surface area contributed by atoms with E-state index in [0.717, 1.165) is 65.2 Å². The predicted molar refractivity (Wildman–Crippen MR) is 66.2 cm³/mol. The minimum Gasteiger partial charge on any atom is -0.381 e. The molecule has 2 fully saturated rings. The molecule has 0 amide bonds. The molecule has 0 unspecified atom stereocenters. The number of morpholine rings is 1. The van der Waals surface area contributed by atoms with Crippen LogP contribution < -0.4 is 0 Å². The van der Waals surface area contributed by atoms with Crippen molar-refractivity contribution in [3.05, 3.63) is 0 Å². The first-order valence-electron chi connectivity index (χ1n) is 6.91. The molecule has 2 aliphatic heterocycles. The molecule has 0 radical (unpaired) electrons. The van der Waals surface area contributed by atoms with E-state index in [-0.39, 0.29) is 0 Å². The van der Waals surface area contributed by atoms with E-state index in [9.17, 15) is 0 Å². The lowest BCUT2D eigenvalue weighted by atomic mass is 9.97. The average molecular weight is 243 g/mol. The standard InChI is InChI=1S/C13H25NO3/c1-7-15-8-2-13(1)3-9-16-10-4-14-5-11-17-12-6-14/h13H,1-12H2.